The second-order valence-electron chi connectivity index (χ2n) is 9.53. The van der Waals surface area contributed by atoms with Crippen molar-refractivity contribution in [1.29, 1.82) is 0 Å². The summed E-state index contributed by atoms with van der Waals surface area (Å²) in [7, 11) is 0. The van der Waals surface area contributed by atoms with Gasteiger partial charge in [-0.25, -0.2) is 18.4 Å². The van der Waals surface area contributed by atoms with Crippen LogP contribution in [0.4, 0.5) is 13.2 Å². The first kappa shape index (κ1) is 27.6. The van der Waals surface area contributed by atoms with E-state index in [-0.39, 0.29) is 18.1 Å². The number of halogens is 3. The van der Waals surface area contributed by atoms with Gasteiger partial charge in [0.2, 0.25) is 11.5 Å². The number of carbonyl (C=O) groups is 2. The Morgan fingerprint density at radius 2 is 1.67 bits per heavy atom. The summed E-state index contributed by atoms with van der Waals surface area (Å²) in [5.41, 5.74) is -2.24. The molecule has 1 fully saturated rings. The summed E-state index contributed by atoms with van der Waals surface area (Å²) in [6, 6.07) is 8.43. The van der Waals surface area contributed by atoms with Crippen LogP contribution in [-0.4, -0.2) is 29.3 Å². The van der Waals surface area contributed by atoms with Crippen molar-refractivity contribution in [3.8, 4) is 11.5 Å². The number of aliphatic carboxylic acids is 1. The van der Waals surface area contributed by atoms with Crippen molar-refractivity contribution in [3.05, 3.63) is 59.2 Å². The Bertz CT molecular complexity index is 1070. The van der Waals surface area contributed by atoms with E-state index in [0.717, 1.165) is 25.3 Å². The van der Waals surface area contributed by atoms with Crippen molar-refractivity contribution in [2.24, 2.45) is 11.8 Å². The van der Waals surface area contributed by atoms with Crippen LogP contribution in [0.1, 0.15) is 81.1 Å². The Labute approximate surface area is 209 Å². The number of rotatable bonds is 10. The number of carboxylic acid groups (broad SMARTS) is 1. The zero-order chi connectivity index (χ0) is 26.5. The molecule has 36 heavy (non-hydrogen) atoms. The first-order valence-corrected chi connectivity index (χ1v) is 12.5. The summed E-state index contributed by atoms with van der Waals surface area (Å²) in [6.45, 7) is 5.42. The number of ether oxygens (including phenoxy) is 2. The van der Waals surface area contributed by atoms with Gasteiger partial charge in [-0.2, -0.15) is 4.39 Å². The van der Waals surface area contributed by atoms with Gasteiger partial charge in [-0.05, 0) is 55.0 Å². The fourth-order valence-electron chi connectivity index (χ4n) is 4.93. The van der Waals surface area contributed by atoms with Gasteiger partial charge in [0.25, 0.3) is 0 Å². The molecule has 3 atom stereocenters. The monoisotopic (exact) mass is 506 g/mol. The molecule has 1 unspecified atom stereocenters. The molecule has 1 aliphatic rings. The lowest BCUT2D eigenvalue weighted by molar-refractivity contribution is -0.162. The first-order chi connectivity index (χ1) is 17.1. The smallest absolute Gasteiger partial charge is 0.346 e. The molecule has 0 amide bonds. The number of hydrogen-bond acceptors (Lipinski definition) is 4. The van der Waals surface area contributed by atoms with E-state index in [1.165, 1.54) is 18.2 Å². The van der Waals surface area contributed by atoms with Gasteiger partial charge < -0.3 is 14.6 Å². The number of benzene rings is 2. The van der Waals surface area contributed by atoms with Gasteiger partial charge in [0.1, 0.15) is 5.75 Å². The molecular formula is C28H33F3O5. The molecule has 1 N–H and O–H groups in total. The third-order valence-corrected chi connectivity index (χ3v) is 7.28. The van der Waals surface area contributed by atoms with Crippen molar-refractivity contribution in [2.75, 3.05) is 6.61 Å². The molecule has 0 aliphatic heterocycles. The number of alkyl halides is 1. The van der Waals surface area contributed by atoms with Gasteiger partial charge in [-0.15, -0.1) is 0 Å². The average Bonchev–Trinajstić information content (AvgIpc) is 2.89. The third kappa shape index (κ3) is 5.68. The van der Waals surface area contributed by atoms with Crippen LogP contribution in [0, 0.1) is 23.5 Å². The van der Waals surface area contributed by atoms with Gasteiger partial charge >= 0.3 is 11.9 Å². The van der Waals surface area contributed by atoms with E-state index >= 15 is 4.39 Å². The van der Waals surface area contributed by atoms with Crippen LogP contribution >= 0.6 is 0 Å². The van der Waals surface area contributed by atoms with Crippen molar-refractivity contribution < 1.29 is 37.3 Å². The zero-order valence-corrected chi connectivity index (χ0v) is 20.9. The summed E-state index contributed by atoms with van der Waals surface area (Å²) in [5, 5.41) is 9.81. The molecule has 0 aromatic heterocycles. The standard InChI is InChI=1S/C28H33F3O5/c1-4-16-35-23-15-14-22(24(29)25(23)30)26(32)36-21-12-10-19(11-13-21)17(2)18(3)28(31,27(33)34)20-8-6-5-7-9-20/h10-15,17-18,20H,4-9,16H2,1-3H3,(H,33,34)/t17?,18-,28+/m0/s1. The van der Waals surface area contributed by atoms with Crippen molar-refractivity contribution in [1.82, 2.24) is 0 Å². The van der Waals surface area contributed by atoms with Crippen LogP contribution in [0.25, 0.3) is 0 Å². The lowest BCUT2D eigenvalue weighted by Crippen LogP contribution is -2.49. The fraction of sp³-hybridized carbons (Fsp3) is 0.500. The molecule has 2 aromatic rings. The minimum absolute atomic E-state index is 0.0896. The molecule has 8 heteroatoms. The molecule has 0 saturated heterocycles. The maximum Gasteiger partial charge on any atom is 0.346 e. The molecule has 0 heterocycles. The van der Waals surface area contributed by atoms with Gasteiger partial charge in [0.05, 0.1) is 12.2 Å². The van der Waals surface area contributed by atoms with E-state index < -0.39 is 52.6 Å². The van der Waals surface area contributed by atoms with Crippen LogP contribution in [-0.2, 0) is 4.79 Å². The Kier molecular flexibility index (Phi) is 9.03. The molecule has 5 nitrogen and oxygen atoms in total. The highest BCUT2D eigenvalue weighted by Crippen LogP contribution is 2.45. The molecule has 1 saturated carbocycles. The van der Waals surface area contributed by atoms with E-state index in [9.17, 15) is 23.5 Å². The second-order valence-corrected chi connectivity index (χ2v) is 9.53. The fourth-order valence-corrected chi connectivity index (χ4v) is 4.93. The number of carbonyl (C=O) groups excluding carboxylic acids is 1. The molecule has 196 valence electrons. The summed E-state index contributed by atoms with van der Waals surface area (Å²) < 4.78 is 54.9. The molecule has 0 bridgehead atoms. The number of carboxylic acids is 1. The Morgan fingerprint density at radius 3 is 2.25 bits per heavy atom. The Hall–Kier alpha value is -3.03. The summed E-state index contributed by atoms with van der Waals surface area (Å²) >= 11 is 0. The van der Waals surface area contributed by atoms with E-state index in [1.807, 2.05) is 6.92 Å². The Morgan fingerprint density at radius 1 is 1.03 bits per heavy atom. The number of esters is 1. The highest BCUT2D eigenvalue weighted by molar-refractivity contribution is 5.91. The lowest BCUT2D eigenvalue weighted by atomic mass is 9.67. The van der Waals surface area contributed by atoms with Crippen LogP contribution in [0.2, 0.25) is 0 Å². The third-order valence-electron chi connectivity index (χ3n) is 7.28. The van der Waals surface area contributed by atoms with E-state index in [0.29, 0.717) is 24.8 Å². The number of hydrogen-bond donors (Lipinski definition) is 1. The topological polar surface area (TPSA) is 72.8 Å². The zero-order valence-electron chi connectivity index (χ0n) is 20.9. The highest BCUT2D eigenvalue weighted by atomic mass is 19.2. The molecule has 2 aromatic carbocycles. The Balaban J connectivity index is 1.72. The van der Waals surface area contributed by atoms with Crippen LogP contribution in [0.15, 0.2) is 36.4 Å². The lowest BCUT2D eigenvalue weighted by Gasteiger charge is -2.39. The normalized spacial score (nSPS) is 17.6. The maximum atomic E-state index is 16.0. The average molecular weight is 507 g/mol. The quantitative estimate of drug-likeness (QED) is 0.275. The predicted molar refractivity (Wildman–Crippen MR) is 129 cm³/mol. The molecule has 0 spiro atoms. The van der Waals surface area contributed by atoms with Gasteiger partial charge in [-0.1, -0.05) is 52.2 Å². The molecule has 0 radical (unpaired) electrons. The van der Waals surface area contributed by atoms with Crippen molar-refractivity contribution in [3.63, 3.8) is 0 Å². The molecule has 1 aliphatic carbocycles. The SMILES string of the molecule is CCCOc1ccc(C(=O)Oc2ccc(C(C)[C@H](C)[C@](F)(C(=O)O)C3CCCCC3)cc2)c(F)c1F. The van der Waals surface area contributed by atoms with Gasteiger partial charge in [0, 0.05) is 11.8 Å². The van der Waals surface area contributed by atoms with Gasteiger partial charge in [-0.3, -0.25) is 0 Å². The molecule has 3 rings (SSSR count). The van der Waals surface area contributed by atoms with E-state index in [1.54, 1.807) is 26.0 Å². The second kappa shape index (κ2) is 11.8. The highest BCUT2D eigenvalue weighted by Gasteiger charge is 2.52. The summed E-state index contributed by atoms with van der Waals surface area (Å²) in [5.74, 6) is -7.07. The largest absolute Gasteiger partial charge is 0.490 e. The van der Waals surface area contributed by atoms with Crippen LogP contribution in [0.3, 0.4) is 0 Å². The van der Waals surface area contributed by atoms with E-state index in [2.05, 4.69) is 0 Å². The first-order valence-electron chi connectivity index (χ1n) is 12.5. The predicted octanol–water partition coefficient (Wildman–Crippen LogP) is 7.09. The minimum atomic E-state index is -2.35. The minimum Gasteiger partial charge on any atom is -0.490 e. The van der Waals surface area contributed by atoms with Crippen molar-refractivity contribution >= 4 is 11.9 Å². The van der Waals surface area contributed by atoms with E-state index in [4.69, 9.17) is 9.47 Å². The summed E-state index contributed by atoms with van der Waals surface area (Å²) in [6.07, 6.45) is 4.35. The van der Waals surface area contributed by atoms with Gasteiger partial charge in [0.15, 0.2) is 11.6 Å². The maximum absolute atomic E-state index is 16.0. The van der Waals surface area contributed by atoms with Crippen molar-refractivity contribution in [2.45, 2.75) is 70.9 Å². The van der Waals surface area contributed by atoms with Crippen LogP contribution in [0.5, 0.6) is 11.5 Å². The molecular weight excluding hydrogens is 473 g/mol. The summed E-state index contributed by atoms with van der Waals surface area (Å²) in [4.78, 5) is 24.5. The van der Waals surface area contributed by atoms with Crippen LogP contribution < -0.4 is 9.47 Å².